The van der Waals surface area contributed by atoms with E-state index in [2.05, 4.69) is 10.3 Å². The molecule has 3 rings (SSSR count). The van der Waals surface area contributed by atoms with Gasteiger partial charge < -0.3 is 10.1 Å². The fourth-order valence-corrected chi connectivity index (χ4v) is 5.43. The van der Waals surface area contributed by atoms with Crippen LogP contribution in [-0.4, -0.2) is 55.7 Å². The molecule has 1 N–H and O–H groups in total. The summed E-state index contributed by atoms with van der Waals surface area (Å²) >= 11 is 19.1. The molecule has 0 atom stereocenters. The number of nitrogens with zero attached hydrogens (tertiary/aromatic N) is 2. The number of rotatable bonds is 6. The van der Waals surface area contributed by atoms with Crippen LogP contribution in [0.5, 0.6) is 0 Å². The lowest BCUT2D eigenvalue weighted by atomic mass is 10.3. The Labute approximate surface area is 187 Å². The Morgan fingerprint density at radius 1 is 1.17 bits per heavy atom. The number of nitrogens with one attached hydrogen (secondary N) is 1. The standard InChI is InChI=1S/C17H16Cl3N3O4S2/c18-11-7-13(19)17(14(20)8-11)22-15(24)10-28-16-2-1-12(9-21-16)29(25,26)23-3-5-27-6-4-23/h1-2,7-9H,3-6,10H2,(H,22,24). The largest absolute Gasteiger partial charge is 0.379 e. The summed E-state index contributed by atoms with van der Waals surface area (Å²) in [5, 5.41) is 3.97. The second kappa shape index (κ2) is 9.82. The molecule has 1 aromatic heterocycles. The number of morpholine rings is 1. The van der Waals surface area contributed by atoms with Crippen molar-refractivity contribution in [2.45, 2.75) is 9.92 Å². The molecule has 7 nitrogen and oxygen atoms in total. The third-order valence-electron chi connectivity index (χ3n) is 3.94. The Morgan fingerprint density at radius 2 is 1.83 bits per heavy atom. The highest BCUT2D eigenvalue weighted by molar-refractivity contribution is 7.99. The fraction of sp³-hybridized carbons (Fsp3) is 0.294. The van der Waals surface area contributed by atoms with Crippen LogP contribution in [0.1, 0.15) is 0 Å². The van der Waals surface area contributed by atoms with E-state index in [1.807, 2.05) is 0 Å². The van der Waals surface area contributed by atoms with Gasteiger partial charge in [-0.15, -0.1) is 0 Å². The van der Waals surface area contributed by atoms with Crippen LogP contribution in [0.4, 0.5) is 5.69 Å². The number of carbonyl (C=O) groups excluding carboxylic acids is 1. The van der Waals surface area contributed by atoms with Gasteiger partial charge in [0.1, 0.15) is 4.90 Å². The first-order valence-electron chi connectivity index (χ1n) is 8.38. The highest BCUT2D eigenvalue weighted by atomic mass is 35.5. The minimum Gasteiger partial charge on any atom is -0.379 e. The minimum absolute atomic E-state index is 0.0395. The van der Waals surface area contributed by atoms with Gasteiger partial charge in [0, 0.05) is 24.3 Å². The summed E-state index contributed by atoms with van der Waals surface area (Å²) in [6, 6.07) is 6.00. The molecule has 1 fully saturated rings. The van der Waals surface area contributed by atoms with Gasteiger partial charge in [0.2, 0.25) is 15.9 Å². The van der Waals surface area contributed by atoms with Crippen molar-refractivity contribution in [2.75, 3.05) is 37.4 Å². The van der Waals surface area contributed by atoms with E-state index in [9.17, 15) is 13.2 Å². The predicted molar refractivity (Wildman–Crippen MR) is 115 cm³/mol. The number of halogens is 3. The Hall–Kier alpha value is -1.07. The number of aromatic nitrogens is 1. The Bertz CT molecular complexity index is 974. The van der Waals surface area contributed by atoms with Crippen LogP contribution in [-0.2, 0) is 19.6 Å². The molecule has 29 heavy (non-hydrogen) atoms. The van der Waals surface area contributed by atoms with Crippen LogP contribution >= 0.6 is 46.6 Å². The van der Waals surface area contributed by atoms with Crippen molar-refractivity contribution in [2.24, 2.45) is 0 Å². The number of sulfonamides is 1. The zero-order valence-corrected chi connectivity index (χ0v) is 18.8. The van der Waals surface area contributed by atoms with Crippen LogP contribution in [0.2, 0.25) is 15.1 Å². The highest BCUT2D eigenvalue weighted by Crippen LogP contribution is 2.33. The molecule has 1 aliphatic rings. The third-order valence-corrected chi connectivity index (χ3v) is 7.58. The number of ether oxygens (including phenoxy) is 1. The summed E-state index contributed by atoms with van der Waals surface area (Å²) in [6.45, 7) is 1.37. The maximum atomic E-state index is 12.6. The summed E-state index contributed by atoms with van der Waals surface area (Å²) < 4.78 is 31.7. The lowest BCUT2D eigenvalue weighted by molar-refractivity contribution is -0.113. The number of amides is 1. The Morgan fingerprint density at radius 3 is 2.41 bits per heavy atom. The van der Waals surface area contributed by atoms with E-state index in [-0.39, 0.29) is 32.3 Å². The Balaban J connectivity index is 1.60. The molecule has 12 heteroatoms. The highest BCUT2D eigenvalue weighted by Gasteiger charge is 2.26. The maximum Gasteiger partial charge on any atom is 0.244 e. The van der Waals surface area contributed by atoms with Gasteiger partial charge in [0.25, 0.3) is 0 Å². The number of hydrogen-bond acceptors (Lipinski definition) is 6. The van der Waals surface area contributed by atoms with Crippen LogP contribution < -0.4 is 5.32 Å². The summed E-state index contributed by atoms with van der Waals surface area (Å²) in [7, 11) is -3.60. The maximum absolute atomic E-state index is 12.6. The monoisotopic (exact) mass is 495 g/mol. The van der Waals surface area contributed by atoms with Gasteiger partial charge in [-0.2, -0.15) is 4.31 Å². The van der Waals surface area contributed by atoms with Gasteiger partial charge in [-0.3, -0.25) is 4.79 Å². The second-order valence-electron chi connectivity index (χ2n) is 5.93. The van der Waals surface area contributed by atoms with Gasteiger partial charge in [0.15, 0.2) is 0 Å². The molecule has 0 aliphatic carbocycles. The molecular formula is C17H16Cl3N3O4S2. The van der Waals surface area contributed by atoms with Crippen molar-refractivity contribution in [3.63, 3.8) is 0 Å². The molecule has 0 spiro atoms. The smallest absolute Gasteiger partial charge is 0.244 e. The summed E-state index contributed by atoms with van der Waals surface area (Å²) in [6.07, 6.45) is 1.29. The van der Waals surface area contributed by atoms with Crippen molar-refractivity contribution in [1.29, 1.82) is 0 Å². The van der Waals surface area contributed by atoms with Crippen LogP contribution in [0.15, 0.2) is 40.4 Å². The number of carbonyl (C=O) groups is 1. The van der Waals surface area contributed by atoms with E-state index in [0.29, 0.717) is 36.4 Å². The SMILES string of the molecule is O=C(CSc1ccc(S(=O)(=O)N2CCOCC2)cn1)Nc1c(Cl)cc(Cl)cc1Cl. The average molecular weight is 497 g/mol. The topological polar surface area (TPSA) is 88.6 Å². The number of anilines is 1. The van der Waals surface area contributed by atoms with E-state index in [1.54, 1.807) is 6.07 Å². The average Bonchev–Trinajstić information content (AvgIpc) is 2.70. The van der Waals surface area contributed by atoms with Gasteiger partial charge in [-0.1, -0.05) is 46.6 Å². The molecule has 1 aliphatic heterocycles. The second-order valence-corrected chi connectivity index (χ2v) is 10.1. The molecule has 156 valence electrons. The molecule has 2 aromatic rings. The molecule has 0 saturated carbocycles. The van der Waals surface area contributed by atoms with E-state index in [0.717, 1.165) is 11.8 Å². The molecule has 2 heterocycles. The Kier molecular flexibility index (Phi) is 7.66. The molecule has 0 unspecified atom stereocenters. The number of thioether (sulfide) groups is 1. The summed E-state index contributed by atoms with van der Waals surface area (Å²) in [5.74, 6) is -0.300. The van der Waals surface area contributed by atoms with E-state index < -0.39 is 10.0 Å². The van der Waals surface area contributed by atoms with E-state index >= 15 is 0 Å². The van der Waals surface area contributed by atoms with Crippen molar-refractivity contribution in [3.8, 4) is 0 Å². The van der Waals surface area contributed by atoms with Crippen molar-refractivity contribution in [1.82, 2.24) is 9.29 Å². The number of hydrogen-bond donors (Lipinski definition) is 1. The minimum atomic E-state index is -3.60. The quantitative estimate of drug-likeness (QED) is 0.612. The van der Waals surface area contributed by atoms with Gasteiger partial charge in [0.05, 0.1) is 39.7 Å². The van der Waals surface area contributed by atoms with Crippen molar-refractivity contribution < 1.29 is 17.9 Å². The third kappa shape index (κ3) is 5.75. The summed E-state index contributed by atoms with van der Waals surface area (Å²) in [4.78, 5) is 16.4. The van der Waals surface area contributed by atoms with Gasteiger partial charge in [-0.25, -0.2) is 13.4 Å². The van der Waals surface area contributed by atoms with E-state index in [1.165, 1.54) is 28.7 Å². The zero-order chi connectivity index (χ0) is 21.0. The first-order valence-corrected chi connectivity index (χ1v) is 11.9. The lowest BCUT2D eigenvalue weighted by Gasteiger charge is -2.25. The van der Waals surface area contributed by atoms with Crippen LogP contribution in [0.3, 0.4) is 0 Å². The predicted octanol–water partition coefficient (Wildman–Crippen LogP) is 3.79. The van der Waals surface area contributed by atoms with Crippen LogP contribution in [0.25, 0.3) is 0 Å². The molecule has 0 bridgehead atoms. The zero-order valence-electron chi connectivity index (χ0n) is 14.9. The fourth-order valence-electron chi connectivity index (χ4n) is 2.52. The first kappa shape index (κ1) is 22.6. The van der Waals surface area contributed by atoms with Crippen molar-refractivity contribution >= 4 is 68.2 Å². The normalized spacial score (nSPS) is 15.3. The van der Waals surface area contributed by atoms with Gasteiger partial charge in [-0.05, 0) is 24.3 Å². The van der Waals surface area contributed by atoms with Crippen LogP contribution in [0, 0.1) is 0 Å². The molecule has 1 aromatic carbocycles. The molecule has 1 amide bonds. The molecular weight excluding hydrogens is 481 g/mol. The lowest BCUT2D eigenvalue weighted by Crippen LogP contribution is -2.40. The van der Waals surface area contributed by atoms with Crippen molar-refractivity contribution in [3.05, 3.63) is 45.5 Å². The molecule has 1 saturated heterocycles. The summed E-state index contributed by atoms with van der Waals surface area (Å²) in [5.41, 5.74) is 0.281. The first-order chi connectivity index (χ1) is 13.8. The number of benzene rings is 1. The molecule has 0 radical (unpaired) electrons. The number of pyridine rings is 1. The van der Waals surface area contributed by atoms with Gasteiger partial charge >= 0.3 is 0 Å². The van der Waals surface area contributed by atoms with E-state index in [4.69, 9.17) is 39.5 Å².